The van der Waals surface area contributed by atoms with Crippen molar-refractivity contribution in [2.75, 3.05) is 37.6 Å². The molecule has 0 radical (unpaired) electrons. The summed E-state index contributed by atoms with van der Waals surface area (Å²) in [4.78, 5) is 15.8. The van der Waals surface area contributed by atoms with E-state index in [1.165, 1.54) is 17.0 Å². The van der Waals surface area contributed by atoms with Crippen LogP contribution in [-0.2, 0) is 11.3 Å². The number of amides is 1. The van der Waals surface area contributed by atoms with Crippen LogP contribution in [0.2, 0.25) is 0 Å². The van der Waals surface area contributed by atoms with Crippen LogP contribution in [0.25, 0.3) is 0 Å². The molecule has 0 saturated carbocycles. The minimum Gasteiger partial charge on any atom is -0.463 e. The van der Waals surface area contributed by atoms with E-state index in [1.54, 1.807) is 6.26 Å². The zero-order valence-electron chi connectivity index (χ0n) is 17.3. The first-order valence-electron chi connectivity index (χ1n) is 10.5. The number of anilines is 1. The van der Waals surface area contributed by atoms with Gasteiger partial charge in [0.15, 0.2) is 11.8 Å². The number of piperazine rings is 1. The van der Waals surface area contributed by atoms with Gasteiger partial charge in [-0.15, -0.1) is 0 Å². The van der Waals surface area contributed by atoms with E-state index in [0.29, 0.717) is 6.54 Å². The number of quaternary nitrogens is 1. The van der Waals surface area contributed by atoms with Crippen molar-refractivity contribution in [3.05, 3.63) is 90.1 Å². The van der Waals surface area contributed by atoms with E-state index in [9.17, 15) is 9.18 Å². The largest absolute Gasteiger partial charge is 0.463 e. The predicted molar refractivity (Wildman–Crippen MR) is 115 cm³/mol. The molecule has 1 amide bonds. The Balaban J connectivity index is 1.32. The van der Waals surface area contributed by atoms with Crippen molar-refractivity contribution in [3.63, 3.8) is 0 Å². The quantitative estimate of drug-likeness (QED) is 0.613. The Labute approximate surface area is 181 Å². The maximum Gasteiger partial charge on any atom is 0.407 e. The molecule has 0 spiro atoms. The lowest BCUT2D eigenvalue weighted by Gasteiger charge is -2.37. The van der Waals surface area contributed by atoms with Crippen LogP contribution in [0, 0.1) is 5.82 Å². The molecule has 7 heteroatoms. The van der Waals surface area contributed by atoms with Gasteiger partial charge in [-0.05, 0) is 42.0 Å². The van der Waals surface area contributed by atoms with E-state index < -0.39 is 6.09 Å². The Morgan fingerprint density at radius 2 is 1.81 bits per heavy atom. The maximum absolute atomic E-state index is 13.2. The van der Waals surface area contributed by atoms with Crippen molar-refractivity contribution >= 4 is 11.8 Å². The molecule has 1 aliphatic heterocycles. The van der Waals surface area contributed by atoms with Crippen molar-refractivity contribution in [1.29, 1.82) is 0 Å². The Bertz CT molecular complexity index is 940. The van der Waals surface area contributed by atoms with Gasteiger partial charge >= 0.3 is 6.09 Å². The highest BCUT2D eigenvalue weighted by Gasteiger charge is 2.31. The van der Waals surface area contributed by atoms with Gasteiger partial charge in [0.2, 0.25) is 0 Å². The lowest BCUT2D eigenvalue weighted by atomic mass is 10.1. The molecule has 1 aliphatic rings. The third-order valence-corrected chi connectivity index (χ3v) is 5.64. The van der Waals surface area contributed by atoms with E-state index in [1.807, 2.05) is 54.6 Å². The number of alkyl carbamates (subject to hydrolysis) is 1. The molecule has 0 unspecified atom stereocenters. The summed E-state index contributed by atoms with van der Waals surface area (Å²) in [7, 11) is 0. The maximum atomic E-state index is 13.2. The zero-order chi connectivity index (χ0) is 21.5. The number of hydrogen-bond donors (Lipinski definition) is 2. The second-order valence-corrected chi connectivity index (χ2v) is 7.63. The summed E-state index contributed by atoms with van der Waals surface area (Å²) in [5.74, 6) is 0.615. The molecule has 0 bridgehead atoms. The summed E-state index contributed by atoms with van der Waals surface area (Å²) in [6, 6.07) is 20.0. The lowest BCUT2D eigenvalue weighted by Crippen LogP contribution is -3.15. The molecular formula is C24H27FN3O3+. The minimum absolute atomic E-state index is 0.00496. The minimum atomic E-state index is -0.440. The first kappa shape index (κ1) is 20.9. The molecule has 2 aromatic carbocycles. The average molecular weight is 424 g/mol. The first-order valence-corrected chi connectivity index (χ1v) is 10.5. The predicted octanol–water partition coefficient (Wildman–Crippen LogP) is 2.79. The summed E-state index contributed by atoms with van der Waals surface area (Å²) in [6.45, 7) is 4.11. The topological polar surface area (TPSA) is 59.2 Å². The van der Waals surface area contributed by atoms with Gasteiger partial charge in [-0.2, -0.15) is 0 Å². The number of carbonyl (C=O) groups excluding carboxylic acids is 1. The van der Waals surface area contributed by atoms with Gasteiger partial charge in [0.05, 0.1) is 39.0 Å². The molecule has 1 fully saturated rings. The van der Waals surface area contributed by atoms with Gasteiger partial charge < -0.3 is 24.3 Å². The lowest BCUT2D eigenvalue weighted by molar-refractivity contribution is -0.932. The third kappa shape index (κ3) is 5.64. The molecule has 1 atom stereocenters. The summed E-state index contributed by atoms with van der Waals surface area (Å²) in [6.07, 6.45) is 1.22. The van der Waals surface area contributed by atoms with E-state index in [4.69, 9.17) is 9.15 Å². The second-order valence-electron chi connectivity index (χ2n) is 7.63. The van der Waals surface area contributed by atoms with Crippen molar-refractivity contribution in [1.82, 2.24) is 5.32 Å². The molecule has 31 heavy (non-hydrogen) atoms. The number of furan rings is 1. The van der Waals surface area contributed by atoms with Crippen LogP contribution in [0.1, 0.15) is 17.4 Å². The molecule has 2 heterocycles. The number of carbonyl (C=O) groups is 1. The monoisotopic (exact) mass is 424 g/mol. The normalized spacial score (nSPS) is 15.5. The SMILES string of the molecule is O=C(NC[C@@H](c1ccco1)[NH+]1CCN(c2ccc(F)cc2)CC1)OCc1ccccc1. The first-order chi connectivity index (χ1) is 15.2. The molecular weight excluding hydrogens is 397 g/mol. The summed E-state index contributed by atoms with van der Waals surface area (Å²) < 4.78 is 24.2. The average Bonchev–Trinajstić information content (AvgIpc) is 3.34. The third-order valence-electron chi connectivity index (χ3n) is 5.64. The molecule has 2 N–H and O–H groups in total. The van der Waals surface area contributed by atoms with E-state index in [0.717, 1.165) is 43.2 Å². The fraction of sp³-hybridized carbons (Fsp3) is 0.292. The Kier molecular flexibility index (Phi) is 6.84. The highest BCUT2D eigenvalue weighted by molar-refractivity contribution is 5.67. The van der Waals surface area contributed by atoms with Crippen LogP contribution in [0.3, 0.4) is 0 Å². The van der Waals surface area contributed by atoms with Crippen LogP contribution in [0.4, 0.5) is 14.9 Å². The highest BCUT2D eigenvalue weighted by Crippen LogP contribution is 2.16. The number of nitrogens with zero attached hydrogens (tertiary/aromatic N) is 1. The van der Waals surface area contributed by atoms with Crippen LogP contribution in [-0.4, -0.2) is 38.8 Å². The Hall–Kier alpha value is -3.32. The fourth-order valence-corrected chi connectivity index (χ4v) is 3.95. The molecule has 1 aromatic heterocycles. The van der Waals surface area contributed by atoms with E-state index in [2.05, 4.69) is 10.2 Å². The standard InChI is InChI=1S/C24H26FN3O3/c25-20-8-10-21(11-9-20)27-12-14-28(15-13-27)22(23-7-4-16-30-23)17-26-24(29)31-18-19-5-2-1-3-6-19/h1-11,16,22H,12-15,17-18H2,(H,26,29)/p+1/t22-/m0/s1. The molecule has 6 nitrogen and oxygen atoms in total. The number of nitrogens with one attached hydrogen (secondary N) is 2. The van der Waals surface area contributed by atoms with Gasteiger partial charge in [0.25, 0.3) is 0 Å². The van der Waals surface area contributed by atoms with Crippen LogP contribution in [0.5, 0.6) is 0 Å². The van der Waals surface area contributed by atoms with Crippen molar-refractivity contribution < 1.29 is 23.2 Å². The number of rotatable bonds is 7. The summed E-state index contributed by atoms with van der Waals surface area (Å²) >= 11 is 0. The molecule has 4 rings (SSSR count). The van der Waals surface area contributed by atoms with Gasteiger partial charge in [-0.25, -0.2) is 9.18 Å². The number of halogens is 1. The van der Waals surface area contributed by atoms with E-state index in [-0.39, 0.29) is 18.5 Å². The molecule has 3 aromatic rings. The zero-order valence-corrected chi connectivity index (χ0v) is 17.3. The van der Waals surface area contributed by atoms with Crippen molar-refractivity contribution in [2.45, 2.75) is 12.6 Å². The highest BCUT2D eigenvalue weighted by atomic mass is 19.1. The number of ether oxygens (including phenoxy) is 1. The van der Waals surface area contributed by atoms with Gasteiger partial charge in [0, 0.05) is 5.69 Å². The second kappa shape index (κ2) is 10.1. The molecule has 1 saturated heterocycles. The van der Waals surface area contributed by atoms with Crippen LogP contribution >= 0.6 is 0 Å². The molecule has 0 aliphatic carbocycles. The molecule has 162 valence electrons. The Morgan fingerprint density at radius 3 is 2.48 bits per heavy atom. The van der Waals surface area contributed by atoms with Gasteiger partial charge in [-0.3, -0.25) is 0 Å². The van der Waals surface area contributed by atoms with Gasteiger partial charge in [-0.1, -0.05) is 30.3 Å². The van der Waals surface area contributed by atoms with Crippen LogP contribution in [0.15, 0.2) is 77.4 Å². The Morgan fingerprint density at radius 1 is 1.06 bits per heavy atom. The van der Waals surface area contributed by atoms with Crippen molar-refractivity contribution in [2.24, 2.45) is 0 Å². The van der Waals surface area contributed by atoms with Crippen molar-refractivity contribution in [3.8, 4) is 0 Å². The smallest absolute Gasteiger partial charge is 0.407 e. The summed E-state index contributed by atoms with van der Waals surface area (Å²) in [5, 5.41) is 2.89. The number of benzene rings is 2. The van der Waals surface area contributed by atoms with Crippen LogP contribution < -0.4 is 15.1 Å². The summed E-state index contributed by atoms with van der Waals surface area (Å²) in [5.41, 5.74) is 1.97. The van der Waals surface area contributed by atoms with Gasteiger partial charge in [0.1, 0.15) is 12.4 Å². The number of hydrogen-bond acceptors (Lipinski definition) is 4. The van der Waals surface area contributed by atoms with E-state index >= 15 is 0 Å². The fourth-order valence-electron chi connectivity index (χ4n) is 3.95.